The third-order valence-corrected chi connectivity index (χ3v) is 3.16. The van der Waals surface area contributed by atoms with Gasteiger partial charge in [0.25, 0.3) is 0 Å². The lowest BCUT2D eigenvalue weighted by molar-refractivity contribution is 1.40. The summed E-state index contributed by atoms with van der Waals surface area (Å²) >= 11 is 2.08. The highest BCUT2D eigenvalue weighted by atomic mass is 127. The molecule has 1 aromatic carbocycles. The van der Waals surface area contributed by atoms with Gasteiger partial charge in [-0.3, -0.25) is 0 Å². The van der Waals surface area contributed by atoms with Gasteiger partial charge in [0.05, 0.1) is 5.57 Å². The van der Waals surface area contributed by atoms with Crippen molar-refractivity contribution in [3.05, 3.63) is 50.1 Å². The Labute approximate surface area is 135 Å². The molecule has 0 saturated carbocycles. The molecule has 0 aromatic heterocycles. The average molecular weight is 381 g/mol. The third-order valence-electron chi connectivity index (χ3n) is 2.44. The standard InChI is InChI=1S/C15H4IN5/c16-13-3-1-10(2-4-13)15(12(7-19)8-20)14(9-21)11(5-17)6-18/h1-4H. The van der Waals surface area contributed by atoms with Crippen LogP contribution in [0, 0.1) is 60.2 Å². The molecule has 0 spiro atoms. The summed E-state index contributed by atoms with van der Waals surface area (Å²) in [5.41, 5.74) is -0.616. The Balaban J connectivity index is 3.84. The molecule has 0 bridgehead atoms. The summed E-state index contributed by atoms with van der Waals surface area (Å²) in [5, 5.41) is 45.2. The summed E-state index contributed by atoms with van der Waals surface area (Å²) in [6.45, 7) is 0. The zero-order valence-electron chi connectivity index (χ0n) is 10.4. The van der Waals surface area contributed by atoms with E-state index < -0.39 is 5.57 Å². The molecule has 0 aliphatic heterocycles. The van der Waals surface area contributed by atoms with Crippen LogP contribution < -0.4 is 0 Å². The second-order valence-electron chi connectivity index (χ2n) is 3.57. The normalized spacial score (nSPS) is 8.00. The Bertz CT molecular complexity index is 808. The second kappa shape index (κ2) is 7.46. The minimum Gasteiger partial charge on any atom is -0.192 e. The van der Waals surface area contributed by atoms with Gasteiger partial charge in [0.1, 0.15) is 41.5 Å². The van der Waals surface area contributed by atoms with Crippen LogP contribution in [0.25, 0.3) is 5.57 Å². The lowest BCUT2D eigenvalue weighted by Crippen LogP contribution is -1.96. The minimum absolute atomic E-state index is 0.00278. The van der Waals surface area contributed by atoms with Crippen molar-refractivity contribution in [1.82, 2.24) is 0 Å². The number of nitriles is 5. The van der Waals surface area contributed by atoms with E-state index in [9.17, 15) is 5.26 Å². The summed E-state index contributed by atoms with van der Waals surface area (Å²) in [5.74, 6) is 0. The smallest absolute Gasteiger partial charge is 0.148 e. The maximum Gasteiger partial charge on any atom is 0.148 e. The van der Waals surface area contributed by atoms with Crippen molar-refractivity contribution < 1.29 is 0 Å². The van der Waals surface area contributed by atoms with Gasteiger partial charge in [0, 0.05) is 9.14 Å². The molecule has 96 valence electrons. The highest BCUT2D eigenvalue weighted by molar-refractivity contribution is 14.1. The minimum atomic E-state index is -0.436. The topological polar surface area (TPSA) is 119 Å². The van der Waals surface area contributed by atoms with Crippen molar-refractivity contribution in [3.8, 4) is 30.3 Å². The summed E-state index contributed by atoms with van der Waals surface area (Å²) < 4.78 is 0.925. The molecular formula is C15H4IN5. The van der Waals surface area contributed by atoms with E-state index in [1.807, 2.05) is 0 Å². The number of rotatable bonds is 2. The second-order valence-corrected chi connectivity index (χ2v) is 4.81. The van der Waals surface area contributed by atoms with Crippen LogP contribution in [0.1, 0.15) is 5.56 Å². The molecule has 1 rings (SSSR count). The van der Waals surface area contributed by atoms with E-state index in [1.54, 1.807) is 54.6 Å². The highest BCUT2D eigenvalue weighted by Gasteiger charge is 2.18. The lowest BCUT2D eigenvalue weighted by Gasteiger charge is -2.07. The van der Waals surface area contributed by atoms with Gasteiger partial charge in [-0.25, -0.2) is 0 Å². The Morgan fingerprint density at radius 1 is 0.714 bits per heavy atom. The first kappa shape index (κ1) is 15.9. The quantitative estimate of drug-likeness (QED) is 0.443. The SMILES string of the molecule is N#CC(C#N)=C(C#N)C(=C(C#N)C#N)c1ccc(I)cc1. The van der Waals surface area contributed by atoms with Crippen molar-refractivity contribution in [2.45, 2.75) is 0 Å². The maximum absolute atomic E-state index is 9.22. The number of allylic oxidation sites excluding steroid dienone is 4. The molecule has 0 aliphatic rings. The van der Waals surface area contributed by atoms with E-state index in [1.165, 1.54) is 0 Å². The molecule has 6 heteroatoms. The molecule has 0 aliphatic carbocycles. The zero-order valence-corrected chi connectivity index (χ0v) is 12.6. The van der Waals surface area contributed by atoms with Gasteiger partial charge in [-0.15, -0.1) is 0 Å². The summed E-state index contributed by atoms with van der Waals surface area (Å²) in [6, 6.07) is 15.1. The summed E-state index contributed by atoms with van der Waals surface area (Å²) in [7, 11) is 0. The Hall–Kier alpha value is -3.12. The maximum atomic E-state index is 9.22. The van der Waals surface area contributed by atoms with Crippen molar-refractivity contribution in [1.29, 1.82) is 26.3 Å². The van der Waals surface area contributed by atoms with Crippen LogP contribution in [0.2, 0.25) is 0 Å². The fourth-order valence-corrected chi connectivity index (χ4v) is 1.90. The van der Waals surface area contributed by atoms with Crippen LogP contribution in [-0.4, -0.2) is 0 Å². The molecule has 21 heavy (non-hydrogen) atoms. The van der Waals surface area contributed by atoms with E-state index in [0.717, 1.165) is 3.57 Å². The molecule has 0 amide bonds. The fraction of sp³-hybridized carbons (Fsp3) is 0. The largest absolute Gasteiger partial charge is 0.192 e. The van der Waals surface area contributed by atoms with Crippen LogP contribution in [0.15, 0.2) is 41.0 Å². The van der Waals surface area contributed by atoms with Gasteiger partial charge >= 0.3 is 0 Å². The van der Waals surface area contributed by atoms with E-state index in [2.05, 4.69) is 22.6 Å². The summed E-state index contributed by atoms with van der Waals surface area (Å²) in [6.07, 6.45) is 0. The first-order valence-electron chi connectivity index (χ1n) is 5.38. The van der Waals surface area contributed by atoms with E-state index in [0.29, 0.717) is 5.56 Å². The molecule has 0 saturated heterocycles. The van der Waals surface area contributed by atoms with Gasteiger partial charge in [0.15, 0.2) is 0 Å². The number of hydrogen-bond donors (Lipinski definition) is 0. The van der Waals surface area contributed by atoms with Gasteiger partial charge in [0.2, 0.25) is 0 Å². The molecule has 0 fully saturated rings. The van der Waals surface area contributed by atoms with Gasteiger partial charge in [-0.2, -0.15) is 26.3 Å². The van der Waals surface area contributed by atoms with Gasteiger partial charge in [-0.05, 0) is 40.3 Å². The van der Waals surface area contributed by atoms with Crippen molar-refractivity contribution >= 4 is 28.2 Å². The predicted molar refractivity (Wildman–Crippen MR) is 81.2 cm³/mol. The van der Waals surface area contributed by atoms with Crippen LogP contribution in [0.4, 0.5) is 0 Å². The number of halogens is 1. The van der Waals surface area contributed by atoms with E-state index in [-0.39, 0.29) is 16.7 Å². The first-order chi connectivity index (χ1) is 10.1. The molecular weight excluding hydrogens is 377 g/mol. The van der Waals surface area contributed by atoms with Crippen LogP contribution in [-0.2, 0) is 0 Å². The van der Waals surface area contributed by atoms with Crippen molar-refractivity contribution in [3.63, 3.8) is 0 Å². The van der Waals surface area contributed by atoms with Crippen molar-refractivity contribution in [2.75, 3.05) is 0 Å². The molecule has 1 aromatic rings. The van der Waals surface area contributed by atoms with Crippen molar-refractivity contribution in [2.24, 2.45) is 0 Å². The number of nitrogens with zero attached hydrogens (tertiary/aromatic N) is 5. The molecule has 0 heterocycles. The first-order valence-corrected chi connectivity index (χ1v) is 6.46. The van der Waals surface area contributed by atoms with E-state index in [4.69, 9.17) is 21.0 Å². The predicted octanol–water partition coefficient (Wildman–Crippen LogP) is 2.96. The monoisotopic (exact) mass is 381 g/mol. The average Bonchev–Trinajstić information content (AvgIpc) is 2.52. The molecule has 0 radical (unpaired) electrons. The number of benzene rings is 1. The van der Waals surface area contributed by atoms with Gasteiger partial charge < -0.3 is 0 Å². The highest BCUT2D eigenvalue weighted by Crippen LogP contribution is 2.28. The number of hydrogen-bond acceptors (Lipinski definition) is 5. The van der Waals surface area contributed by atoms with E-state index >= 15 is 0 Å². The Morgan fingerprint density at radius 3 is 1.57 bits per heavy atom. The van der Waals surface area contributed by atoms with Crippen LogP contribution in [0.3, 0.4) is 0 Å². The molecule has 0 N–H and O–H groups in total. The molecule has 5 nitrogen and oxygen atoms in total. The zero-order chi connectivity index (χ0) is 15.8. The molecule has 0 atom stereocenters. The Morgan fingerprint density at radius 2 is 1.19 bits per heavy atom. The van der Waals surface area contributed by atoms with Crippen LogP contribution >= 0.6 is 22.6 Å². The Kier molecular flexibility index (Phi) is 5.66. The molecule has 0 unspecified atom stereocenters. The lowest BCUT2D eigenvalue weighted by atomic mass is 9.91. The van der Waals surface area contributed by atoms with Gasteiger partial charge in [-0.1, -0.05) is 12.1 Å². The summed E-state index contributed by atoms with van der Waals surface area (Å²) in [4.78, 5) is 0. The third kappa shape index (κ3) is 3.46. The fourth-order valence-electron chi connectivity index (χ4n) is 1.54. The van der Waals surface area contributed by atoms with Crippen LogP contribution in [0.5, 0.6) is 0 Å².